The van der Waals surface area contributed by atoms with Crippen LogP contribution in [0.4, 0.5) is 0 Å². The summed E-state index contributed by atoms with van der Waals surface area (Å²) in [4.78, 5) is 0. The fourth-order valence-corrected chi connectivity index (χ4v) is 16.6. The molecule has 1 saturated carbocycles. The van der Waals surface area contributed by atoms with Crippen LogP contribution < -0.4 is 10.4 Å². The van der Waals surface area contributed by atoms with Crippen molar-refractivity contribution in [2.75, 3.05) is 13.7 Å². The van der Waals surface area contributed by atoms with Crippen molar-refractivity contribution in [3.8, 4) is 0 Å². The van der Waals surface area contributed by atoms with Gasteiger partial charge in [-0.2, -0.15) is 0 Å². The van der Waals surface area contributed by atoms with E-state index in [-0.39, 0.29) is 51.6 Å². The quantitative estimate of drug-likeness (QED) is 0.147. The van der Waals surface area contributed by atoms with Crippen molar-refractivity contribution in [1.82, 2.24) is 0 Å². The lowest BCUT2D eigenvalue weighted by Crippen LogP contribution is -2.68. The van der Waals surface area contributed by atoms with Gasteiger partial charge in [-0.1, -0.05) is 142 Å². The van der Waals surface area contributed by atoms with E-state index in [4.69, 9.17) is 32.2 Å². The van der Waals surface area contributed by atoms with E-state index in [0.29, 0.717) is 18.9 Å². The van der Waals surface area contributed by atoms with Gasteiger partial charge in [0.1, 0.15) is 0 Å². The number of hydrogen-bond donors (Lipinski definition) is 0. The van der Waals surface area contributed by atoms with Gasteiger partial charge < -0.3 is 32.2 Å². The molecule has 2 aliphatic heterocycles. The van der Waals surface area contributed by atoms with E-state index in [1.165, 1.54) is 15.9 Å². The molecule has 2 fully saturated rings. The first kappa shape index (κ1) is 50.3. The highest BCUT2D eigenvalue weighted by molar-refractivity contribution is 6.99. The maximum absolute atomic E-state index is 7.68. The van der Waals surface area contributed by atoms with Crippen molar-refractivity contribution in [3.05, 3.63) is 84.5 Å². The molecule has 1 saturated heterocycles. The van der Waals surface area contributed by atoms with Gasteiger partial charge in [-0.05, 0) is 109 Å². The fraction of sp³-hybridized carbons (Fsp3) is 0.686. The molecule has 7 nitrogen and oxygen atoms in total. The van der Waals surface area contributed by atoms with Crippen LogP contribution in [0.25, 0.3) is 0 Å². The summed E-state index contributed by atoms with van der Waals surface area (Å²) in [5.41, 5.74) is 1.26. The molecular formula is C51H84O7Si3. The van der Waals surface area contributed by atoms with Crippen LogP contribution in [0.2, 0.25) is 41.3 Å². The molecule has 0 radical (unpaired) electrons. The summed E-state index contributed by atoms with van der Waals surface area (Å²) in [7, 11) is -5.10. The Labute approximate surface area is 375 Å². The summed E-state index contributed by atoms with van der Waals surface area (Å²) in [6, 6.07) is 21.9. The summed E-state index contributed by atoms with van der Waals surface area (Å²) in [5, 5.41) is 2.64. The monoisotopic (exact) mass is 893 g/mol. The molecule has 1 spiro atoms. The van der Waals surface area contributed by atoms with Crippen molar-refractivity contribution in [2.24, 2.45) is 11.8 Å². The molecule has 2 aromatic carbocycles. The highest BCUT2D eigenvalue weighted by Gasteiger charge is 2.54. The van der Waals surface area contributed by atoms with Crippen LogP contribution in [-0.4, -0.2) is 80.8 Å². The Morgan fingerprint density at radius 3 is 1.80 bits per heavy atom. The summed E-state index contributed by atoms with van der Waals surface area (Å²) >= 11 is 0. The van der Waals surface area contributed by atoms with E-state index >= 15 is 0 Å². The Morgan fingerprint density at radius 2 is 1.33 bits per heavy atom. The van der Waals surface area contributed by atoms with Crippen LogP contribution in [0.1, 0.15) is 116 Å². The summed E-state index contributed by atoms with van der Waals surface area (Å²) in [6.45, 7) is 39.2. The molecule has 10 heteroatoms. The van der Waals surface area contributed by atoms with Gasteiger partial charge in [0.25, 0.3) is 8.32 Å². The number of methoxy groups -OCH3 is 1. The molecule has 0 amide bonds. The van der Waals surface area contributed by atoms with Gasteiger partial charge in [-0.3, -0.25) is 0 Å². The van der Waals surface area contributed by atoms with Gasteiger partial charge in [0.05, 0.1) is 37.1 Å². The van der Waals surface area contributed by atoms with Crippen LogP contribution >= 0.6 is 0 Å². The maximum atomic E-state index is 7.68. The largest absolute Gasteiger partial charge is 0.410 e. The van der Waals surface area contributed by atoms with Gasteiger partial charge in [-0.25, -0.2) is 0 Å². The summed E-state index contributed by atoms with van der Waals surface area (Å²) < 4.78 is 48.5. The van der Waals surface area contributed by atoms with Gasteiger partial charge in [0.15, 0.2) is 28.2 Å². The second-order valence-electron chi connectivity index (χ2n) is 23.0. The fourth-order valence-electron chi connectivity index (χ4n) is 9.22. The second-order valence-corrected chi connectivity index (χ2v) is 36.8. The Balaban J connectivity index is 1.42. The van der Waals surface area contributed by atoms with Crippen LogP contribution in [0.3, 0.4) is 0 Å². The molecule has 3 aliphatic rings. The second kappa shape index (κ2) is 18.6. The molecule has 2 aromatic rings. The normalized spacial score (nSPS) is 28.2. The third-order valence-electron chi connectivity index (χ3n) is 14.7. The standard InChI is InChI=1S/C51H84O7Si3/c1-37(33-39-29-30-43(44(34-39)52-14)56-61(49(9,10)11,41-25-21-19-22-26-41)42-27-23-20-24-28-42)46(57-60(17,18)48(6,7)8)38(2)45-35-51(58-50(12,13)54-45)32-31-40(36-53-51)55-59(15,16)47(3,4)5/h19-28,31-33,38-40,43-46H,29-30,34-36H2,1-18H3/b37-33+/t38-,39+,40-,43-,44-,45+,46-,51+/m1/s1. The van der Waals surface area contributed by atoms with E-state index in [0.717, 1.165) is 19.3 Å². The molecule has 0 aromatic heterocycles. The highest BCUT2D eigenvalue weighted by Crippen LogP contribution is 2.46. The third kappa shape index (κ3) is 11.4. The zero-order valence-corrected chi connectivity index (χ0v) is 44.4. The molecule has 0 unspecified atom stereocenters. The third-order valence-corrected chi connectivity index (χ3v) is 28.7. The van der Waals surface area contributed by atoms with E-state index in [1.54, 1.807) is 0 Å². The average molecular weight is 893 g/mol. The Kier molecular flexibility index (Phi) is 15.4. The number of rotatable bonds is 13. The molecule has 0 bridgehead atoms. The van der Waals surface area contributed by atoms with Crippen LogP contribution in [0, 0.1) is 11.8 Å². The van der Waals surface area contributed by atoms with E-state index in [9.17, 15) is 0 Å². The van der Waals surface area contributed by atoms with Gasteiger partial charge in [0.2, 0.25) is 0 Å². The van der Waals surface area contributed by atoms with Gasteiger partial charge >= 0.3 is 0 Å². The number of benzene rings is 2. The van der Waals surface area contributed by atoms with Gasteiger partial charge in [-0.15, -0.1) is 0 Å². The number of ether oxygens (including phenoxy) is 4. The number of hydrogen-bond acceptors (Lipinski definition) is 7. The minimum atomic E-state index is -2.75. The molecule has 2 heterocycles. The topological polar surface area (TPSA) is 64.6 Å². The van der Waals surface area contributed by atoms with Crippen LogP contribution in [0.15, 0.2) is 84.5 Å². The van der Waals surface area contributed by atoms with E-state index in [2.05, 4.69) is 181 Å². The molecule has 61 heavy (non-hydrogen) atoms. The lowest BCUT2D eigenvalue weighted by atomic mass is 9.82. The zero-order valence-electron chi connectivity index (χ0n) is 41.4. The smallest absolute Gasteiger partial charge is 0.261 e. The Bertz CT molecular complexity index is 1750. The predicted octanol–water partition coefficient (Wildman–Crippen LogP) is 11.9. The molecular weight excluding hydrogens is 809 g/mol. The van der Waals surface area contributed by atoms with Crippen LogP contribution in [0.5, 0.6) is 0 Å². The first-order valence-electron chi connectivity index (χ1n) is 23.1. The first-order valence-corrected chi connectivity index (χ1v) is 30.8. The van der Waals surface area contributed by atoms with Crippen molar-refractivity contribution in [3.63, 3.8) is 0 Å². The molecule has 0 N–H and O–H groups in total. The minimum absolute atomic E-state index is 0.0241. The zero-order chi connectivity index (χ0) is 45.5. The first-order chi connectivity index (χ1) is 28.1. The average Bonchev–Trinajstić information content (AvgIpc) is 3.15. The van der Waals surface area contributed by atoms with E-state index < -0.39 is 36.5 Å². The van der Waals surface area contributed by atoms with Crippen molar-refractivity contribution >= 4 is 35.3 Å². The molecule has 8 atom stereocenters. The van der Waals surface area contributed by atoms with E-state index in [1.807, 2.05) is 21.0 Å². The molecule has 1 aliphatic carbocycles. The number of allylic oxidation sites excluding steroid dienone is 1. The van der Waals surface area contributed by atoms with Crippen molar-refractivity contribution in [1.29, 1.82) is 0 Å². The highest BCUT2D eigenvalue weighted by atomic mass is 28.4. The Hall–Kier alpha value is -1.71. The van der Waals surface area contributed by atoms with Gasteiger partial charge in [0, 0.05) is 19.4 Å². The van der Waals surface area contributed by atoms with Crippen molar-refractivity contribution < 1.29 is 32.2 Å². The SMILES string of the molecule is CO[C@@H]1C[C@H](/C=C(\C)[C@@H](O[Si](C)(C)C(C)(C)C)[C@H](C)[C@@H]2C[C@]3(C=C[C@@H](O[Si](C)(C)C(C)(C)C)CO3)OC(C)(C)O2)CC[C@H]1O[Si](c1ccccc1)(c1ccccc1)C(C)(C)C. The summed E-state index contributed by atoms with van der Waals surface area (Å²) in [5.74, 6) is -1.41. The minimum Gasteiger partial charge on any atom is -0.410 e. The summed E-state index contributed by atoms with van der Waals surface area (Å²) in [6.07, 6.45) is 9.68. The molecule has 342 valence electrons. The van der Waals surface area contributed by atoms with Crippen molar-refractivity contribution in [2.45, 2.75) is 199 Å². The van der Waals surface area contributed by atoms with Crippen LogP contribution in [-0.2, 0) is 32.2 Å². The Morgan fingerprint density at radius 1 is 0.770 bits per heavy atom. The predicted molar refractivity (Wildman–Crippen MR) is 260 cm³/mol. The lowest BCUT2D eigenvalue weighted by molar-refractivity contribution is -0.393. The molecule has 5 rings (SSSR count). The lowest BCUT2D eigenvalue weighted by Gasteiger charge is -2.51. The maximum Gasteiger partial charge on any atom is 0.261 e.